The normalized spacial score (nSPS) is 11.5. The number of nitrogens with zero attached hydrogens (tertiary/aromatic N) is 4. The smallest absolute Gasteiger partial charge is 0.347 e. The van der Waals surface area contributed by atoms with Gasteiger partial charge in [-0.05, 0) is 30.5 Å². The second-order valence-corrected chi connectivity index (χ2v) is 8.12. The van der Waals surface area contributed by atoms with Crippen LogP contribution in [-0.2, 0) is 0 Å². The maximum atomic E-state index is 11.3. The van der Waals surface area contributed by atoms with Crippen molar-refractivity contribution < 1.29 is 14.6 Å². The fraction of sp³-hybridized carbons (Fsp3) is 0.333. The summed E-state index contributed by atoms with van der Waals surface area (Å²) in [6, 6.07) is 5.62. The van der Waals surface area contributed by atoms with E-state index in [4.69, 9.17) is 4.74 Å². The first-order valence-electron chi connectivity index (χ1n) is 8.09. The van der Waals surface area contributed by atoms with Crippen LogP contribution >= 0.6 is 11.3 Å². The van der Waals surface area contributed by atoms with Gasteiger partial charge in [0.25, 0.3) is 0 Å². The van der Waals surface area contributed by atoms with Crippen LogP contribution in [0.5, 0.6) is 5.75 Å². The molecule has 8 heteroatoms. The largest absolute Gasteiger partial charge is 0.491 e. The van der Waals surface area contributed by atoms with Gasteiger partial charge in [-0.25, -0.2) is 14.5 Å². The quantitative estimate of drug-likeness (QED) is 0.732. The van der Waals surface area contributed by atoms with Crippen LogP contribution in [0.3, 0.4) is 0 Å². The Labute approximate surface area is 155 Å². The van der Waals surface area contributed by atoms with Crippen LogP contribution in [-0.4, -0.2) is 37.7 Å². The fourth-order valence-corrected chi connectivity index (χ4v) is 3.20. The number of aromatic carboxylic acids is 1. The molecule has 0 radical (unpaired) electrons. The summed E-state index contributed by atoms with van der Waals surface area (Å²) in [6.45, 7) is 8.54. The minimum atomic E-state index is -0.965. The summed E-state index contributed by atoms with van der Waals surface area (Å²) in [5, 5.41) is 17.8. The van der Waals surface area contributed by atoms with E-state index >= 15 is 0 Å². The van der Waals surface area contributed by atoms with Gasteiger partial charge in [-0.3, -0.25) is 0 Å². The standard InChI is InChI=1S/C18H20N4O3S/c1-11-15(17(23)24)26-16(20-11)12-5-6-14(25-10-18(2,3)4)13(9-12)22-8-7-19-21-22/h5-9H,10H2,1-4H3,(H,23,24). The molecule has 26 heavy (non-hydrogen) atoms. The Balaban J connectivity index is 2.02. The first-order valence-corrected chi connectivity index (χ1v) is 8.91. The molecule has 0 saturated heterocycles. The second kappa shape index (κ2) is 6.87. The van der Waals surface area contributed by atoms with Gasteiger partial charge in [-0.1, -0.05) is 26.0 Å². The van der Waals surface area contributed by atoms with Crippen molar-refractivity contribution in [3.63, 3.8) is 0 Å². The number of hydrogen-bond donors (Lipinski definition) is 1. The van der Waals surface area contributed by atoms with Crippen LogP contribution in [0.15, 0.2) is 30.6 Å². The summed E-state index contributed by atoms with van der Waals surface area (Å²) in [5.41, 5.74) is 2.06. The molecule has 136 valence electrons. The summed E-state index contributed by atoms with van der Waals surface area (Å²) in [6.07, 6.45) is 3.33. The van der Waals surface area contributed by atoms with Crippen molar-refractivity contribution in [3.05, 3.63) is 41.2 Å². The lowest BCUT2D eigenvalue weighted by molar-refractivity contribution is 0.0701. The third-order valence-corrected chi connectivity index (χ3v) is 4.72. The molecule has 0 aliphatic rings. The molecule has 3 rings (SSSR count). The summed E-state index contributed by atoms with van der Waals surface area (Å²) in [4.78, 5) is 15.9. The Morgan fingerprint density at radius 3 is 2.69 bits per heavy atom. The molecule has 1 N–H and O–H groups in total. The Hall–Kier alpha value is -2.74. The zero-order chi connectivity index (χ0) is 18.9. The third-order valence-electron chi connectivity index (χ3n) is 3.53. The molecule has 7 nitrogen and oxygen atoms in total. The third kappa shape index (κ3) is 3.91. The van der Waals surface area contributed by atoms with Crippen molar-refractivity contribution in [1.82, 2.24) is 20.0 Å². The maximum absolute atomic E-state index is 11.3. The Bertz CT molecular complexity index is 927. The van der Waals surface area contributed by atoms with E-state index in [1.165, 1.54) is 0 Å². The number of benzene rings is 1. The van der Waals surface area contributed by atoms with Crippen molar-refractivity contribution in [1.29, 1.82) is 0 Å². The molecular formula is C18H20N4O3S. The summed E-state index contributed by atoms with van der Waals surface area (Å²) in [7, 11) is 0. The molecule has 0 unspecified atom stereocenters. The predicted octanol–water partition coefficient (Wildman–Crippen LogP) is 3.82. The number of rotatable bonds is 5. The molecular weight excluding hydrogens is 352 g/mol. The maximum Gasteiger partial charge on any atom is 0.347 e. The van der Waals surface area contributed by atoms with Crippen LogP contribution < -0.4 is 4.74 Å². The zero-order valence-electron chi connectivity index (χ0n) is 15.1. The minimum Gasteiger partial charge on any atom is -0.491 e. The molecule has 0 fully saturated rings. The van der Waals surface area contributed by atoms with Gasteiger partial charge in [-0.2, -0.15) is 0 Å². The highest BCUT2D eigenvalue weighted by Gasteiger charge is 2.18. The van der Waals surface area contributed by atoms with Gasteiger partial charge in [-0.15, -0.1) is 16.4 Å². The molecule has 2 aromatic heterocycles. The monoisotopic (exact) mass is 372 g/mol. The summed E-state index contributed by atoms with van der Waals surface area (Å²) < 4.78 is 7.61. The number of hydrogen-bond acceptors (Lipinski definition) is 6. The summed E-state index contributed by atoms with van der Waals surface area (Å²) in [5.74, 6) is -0.284. The van der Waals surface area contributed by atoms with Crippen molar-refractivity contribution in [2.45, 2.75) is 27.7 Å². The molecule has 0 aliphatic carbocycles. The van der Waals surface area contributed by atoms with Gasteiger partial charge < -0.3 is 9.84 Å². The van der Waals surface area contributed by atoms with E-state index in [1.54, 1.807) is 24.0 Å². The van der Waals surface area contributed by atoms with Gasteiger partial charge in [0.2, 0.25) is 0 Å². The summed E-state index contributed by atoms with van der Waals surface area (Å²) >= 11 is 1.15. The first kappa shape index (κ1) is 18.1. The molecule has 0 bridgehead atoms. The van der Waals surface area contributed by atoms with Crippen molar-refractivity contribution in [2.24, 2.45) is 5.41 Å². The lowest BCUT2D eigenvalue weighted by Gasteiger charge is -2.20. The van der Waals surface area contributed by atoms with E-state index in [0.717, 1.165) is 22.6 Å². The number of carbonyl (C=O) groups is 1. The lowest BCUT2D eigenvalue weighted by atomic mass is 9.99. The van der Waals surface area contributed by atoms with E-state index < -0.39 is 5.97 Å². The molecule has 0 atom stereocenters. The highest BCUT2D eigenvalue weighted by molar-refractivity contribution is 7.17. The number of ether oxygens (including phenoxy) is 1. The number of thiazole rings is 1. The number of aryl methyl sites for hydroxylation is 1. The molecule has 3 aromatic rings. The molecule has 0 spiro atoms. The van der Waals surface area contributed by atoms with Gasteiger partial charge in [0.05, 0.1) is 24.7 Å². The van der Waals surface area contributed by atoms with Gasteiger partial charge in [0.15, 0.2) is 0 Å². The van der Waals surface area contributed by atoms with E-state index in [2.05, 4.69) is 36.1 Å². The molecule has 1 aromatic carbocycles. The highest BCUT2D eigenvalue weighted by atomic mass is 32.1. The van der Waals surface area contributed by atoms with Crippen LogP contribution in [0.25, 0.3) is 16.3 Å². The number of aromatic nitrogens is 4. The minimum absolute atomic E-state index is 0.0150. The van der Waals surface area contributed by atoms with Crippen LogP contribution in [0, 0.1) is 12.3 Å². The Kier molecular flexibility index (Phi) is 4.78. The van der Waals surface area contributed by atoms with Crippen molar-refractivity contribution in [2.75, 3.05) is 6.61 Å². The average Bonchev–Trinajstić information content (AvgIpc) is 3.21. The molecule has 0 aliphatic heterocycles. The SMILES string of the molecule is Cc1nc(-c2ccc(OCC(C)(C)C)c(-n3ccnn3)c2)sc1C(=O)O. The van der Waals surface area contributed by atoms with Gasteiger partial charge in [0.1, 0.15) is 21.3 Å². The number of carboxylic acid groups (broad SMARTS) is 1. The highest BCUT2D eigenvalue weighted by Crippen LogP contribution is 2.33. The Morgan fingerprint density at radius 2 is 2.12 bits per heavy atom. The molecule has 0 saturated carbocycles. The second-order valence-electron chi connectivity index (χ2n) is 7.12. The molecule has 0 amide bonds. The Morgan fingerprint density at radius 1 is 1.35 bits per heavy atom. The average molecular weight is 372 g/mol. The fourth-order valence-electron chi connectivity index (χ4n) is 2.30. The van der Waals surface area contributed by atoms with Crippen LogP contribution in [0.4, 0.5) is 0 Å². The van der Waals surface area contributed by atoms with E-state index in [1.807, 2.05) is 18.2 Å². The van der Waals surface area contributed by atoms with Gasteiger partial charge >= 0.3 is 5.97 Å². The number of carboxylic acids is 1. The van der Waals surface area contributed by atoms with Crippen LogP contribution in [0.1, 0.15) is 36.1 Å². The topological polar surface area (TPSA) is 90.1 Å². The van der Waals surface area contributed by atoms with E-state index in [0.29, 0.717) is 23.1 Å². The predicted molar refractivity (Wildman–Crippen MR) is 99.1 cm³/mol. The van der Waals surface area contributed by atoms with Crippen LogP contribution in [0.2, 0.25) is 0 Å². The van der Waals surface area contributed by atoms with Crippen molar-refractivity contribution in [3.8, 4) is 22.0 Å². The van der Waals surface area contributed by atoms with E-state index in [-0.39, 0.29) is 10.3 Å². The van der Waals surface area contributed by atoms with Crippen molar-refractivity contribution >= 4 is 17.3 Å². The lowest BCUT2D eigenvalue weighted by Crippen LogP contribution is -2.17. The van der Waals surface area contributed by atoms with E-state index in [9.17, 15) is 9.90 Å². The first-order chi connectivity index (χ1) is 12.2. The van der Waals surface area contributed by atoms with Gasteiger partial charge in [0, 0.05) is 5.56 Å². The zero-order valence-corrected chi connectivity index (χ0v) is 15.9. The molecule has 2 heterocycles.